The first-order chi connectivity index (χ1) is 9.98. The summed E-state index contributed by atoms with van der Waals surface area (Å²) in [5.74, 6) is 1.65. The molecule has 0 aromatic heterocycles. The lowest BCUT2D eigenvalue weighted by molar-refractivity contribution is -0.138. The molecule has 112 valence electrons. The van der Waals surface area contributed by atoms with Crippen molar-refractivity contribution in [1.82, 2.24) is 4.90 Å². The zero-order chi connectivity index (χ0) is 15.0. The molecule has 0 radical (unpaired) electrons. The highest BCUT2D eigenvalue weighted by Crippen LogP contribution is 2.33. The van der Waals surface area contributed by atoms with Crippen LogP contribution in [0.1, 0.15) is 32.3 Å². The summed E-state index contributed by atoms with van der Waals surface area (Å²) in [5.41, 5.74) is 0.377. The Hall–Kier alpha value is -2.04. The van der Waals surface area contributed by atoms with Crippen molar-refractivity contribution in [3.63, 3.8) is 0 Å². The number of benzene rings is 1. The number of carbonyl (C=O) groups is 2. The minimum atomic E-state index is -0.661. The Morgan fingerprint density at radius 3 is 2.76 bits per heavy atom. The van der Waals surface area contributed by atoms with E-state index in [4.69, 9.17) is 9.47 Å². The van der Waals surface area contributed by atoms with Crippen LogP contribution >= 0.6 is 0 Å². The van der Waals surface area contributed by atoms with Crippen molar-refractivity contribution in [1.29, 1.82) is 0 Å². The van der Waals surface area contributed by atoms with Gasteiger partial charge in [0.1, 0.15) is 0 Å². The molecule has 1 fully saturated rings. The topological polar surface area (TPSA) is 55.8 Å². The van der Waals surface area contributed by atoms with Crippen LogP contribution < -0.4 is 9.47 Å². The summed E-state index contributed by atoms with van der Waals surface area (Å²) in [6, 6.07) is 5.72. The predicted molar refractivity (Wildman–Crippen MR) is 76.3 cm³/mol. The highest BCUT2D eigenvalue weighted by Gasteiger charge is 2.42. The smallest absolute Gasteiger partial charge is 0.231 e. The predicted octanol–water partition coefficient (Wildman–Crippen LogP) is 1.93. The van der Waals surface area contributed by atoms with E-state index in [1.807, 2.05) is 32.0 Å². The van der Waals surface area contributed by atoms with Gasteiger partial charge < -0.3 is 14.4 Å². The third-order valence-electron chi connectivity index (χ3n) is 4.29. The summed E-state index contributed by atoms with van der Waals surface area (Å²) in [4.78, 5) is 25.8. The van der Waals surface area contributed by atoms with Crippen LogP contribution in [0.4, 0.5) is 0 Å². The molecule has 1 amide bonds. The first-order valence-electron chi connectivity index (χ1n) is 7.21. The van der Waals surface area contributed by atoms with Gasteiger partial charge in [0.15, 0.2) is 17.3 Å². The van der Waals surface area contributed by atoms with E-state index >= 15 is 0 Å². The van der Waals surface area contributed by atoms with Crippen molar-refractivity contribution < 1.29 is 19.1 Å². The van der Waals surface area contributed by atoms with Gasteiger partial charge >= 0.3 is 0 Å². The molecular formula is C16H19NO4. The van der Waals surface area contributed by atoms with Gasteiger partial charge in [0.2, 0.25) is 12.7 Å². The van der Waals surface area contributed by atoms with Gasteiger partial charge in [-0.2, -0.15) is 0 Å². The average molecular weight is 289 g/mol. The Bertz CT molecular complexity index is 594. The maximum Gasteiger partial charge on any atom is 0.231 e. The number of carbonyl (C=O) groups excluding carboxylic acids is 2. The van der Waals surface area contributed by atoms with E-state index in [-0.39, 0.29) is 18.5 Å². The van der Waals surface area contributed by atoms with Crippen LogP contribution in [0.5, 0.6) is 11.5 Å². The van der Waals surface area contributed by atoms with E-state index in [9.17, 15) is 9.59 Å². The number of fused-ring (bicyclic) bond motifs is 1. The molecule has 0 aliphatic carbocycles. The molecule has 1 saturated heterocycles. The third kappa shape index (κ3) is 2.48. The number of nitrogens with zero attached hydrogens (tertiary/aromatic N) is 1. The van der Waals surface area contributed by atoms with Gasteiger partial charge in [0, 0.05) is 19.4 Å². The first-order valence-corrected chi connectivity index (χ1v) is 7.21. The fourth-order valence-electron chi connectivity index (χ4n) is 2.87. The zero-order valence-corrected chi connectivity index (χ0v) is 12.3. The van der Waals surface area contributed by atoms with Gasteiger partial charge in [0.05, 0.1) is 5.54 Å². The summed E-state index contributed by atoms with van der Waals surface area (Å²) in [5, 5.41) is 0. The van der Waals surface area contributed by atoms with Crippen LogP contribution in [0.2, 0.25) is 0 Å². The molecule has 2 aliphatic heterocycles. The second kappa shape index (κ2) is 5.06. The number of ketones is 1. The average Bonchev–Trinajstić information content (AvgIpc) is 3.01. The highest BCUT2D eigenvalue weighted by atomic mass is 16.7. The van der Waals surface area contributed by atoms with Crippen LogP contribution in [-0.2, 0) is 16.0 Å². The van der Waals surface area contributed by atoms with Gasteiger partial charge in [-0.3, -0.25) is 9.59 Å². The van der Waals surface area contributed by atoms with Gasteiger partial charge in [-0.15, -0.1) is 0 Å². The molecule has 21 heavy (non-hydrogen) atoms. The number of aryl methyl sites for hydroxylation is 1. The monoisotopic (exact) mass is 289 g/mol. The molecule has 1 aromatic rings. The lowest BCUT2D eigenvalue weighted by Gasteiger charge is -2.30. The number of hydrogen-bond donors (Lipinski definition) is 0. The number of amides is 1. The second-order valence-corrected chi connectivity index (χ2v) is 5.97. The maximum absolute atomic E-state index is 12.3. The number of Topliss-reactive ketones (excluding diaryl/α,β-unsaturated/α-hetero) is 1. The third-order valence-corrected chi connectivity index (χ3v) is 4.29. The van der Waals surface area contributed by atoms with Crippen LogP contribution in [0.25, 0.3) is 0 Å². The fraction of sp³-hybridized carbons (Fsp3) is 0.500. The van der Waals surface area contributed by atoms with Gasteiger partial charge in [0.25, 0.3) is 0 Å². The lowest BCUT2D eigenvalue weighted by atomic mass is 10.00. The van der Waals surface area contributed by atoms with E-state index in [0.29, 0.717) is 25.8 Å². The summed E-state index contributed by atoms with van der Waals surface area (Å²) in [6.45, 7) is 4.43. The van der Waals surface area contributed by atoms with Crippen molar-refractivity contribution in [2.24, 2.45) is 0 Å². The standard InChI is InChI=1S/C16H19NO4/c1-16(2)14(18)7-8-17(16)15(19)6-4-11-3-5-12-13(9-11)21-10-20-12/h3,5,9H,4,6-8,10H2,1-2H3. The van der Waals surface area contributed by atoms with Gasteiger partial charge in [-0.25, -0.2) is 0 Å². The van der Waals surface area contributed by atoms with Crippen LogP contribution in [0, 0.1) is 0 Å². The number of ether oxygens (including phenoxy) is 2. The SMILES string of the molecule is CC1(C)C(=O)CCN1C(=O)CCc1ccc2c(c1)OCO2. The Morgan fingerprint density at radius 1 is 1.29 bits per heavy atom. The van der Waals surface area contributed by atoms with Crippen molar-refractivity contribution in [2.45, 2.75) is 38.6 Å². The number of likely N-dealkylation sites (tertiary alicyclic amines) is 1. The summed E-state index contributed by atoms with van der Waals surface area (Å²) < 4.78 is 10.6. The Kier molecular flexibility index (Phi) is 3.35. The molecule has 0 saturated carbocycles. The van der Waals surface area contributed by atoms with Gasteiger partial charge in [-0.05, 0) is 38.0 Å². The normalized spacial score (nSPS) is 19.1. The molecule has 0 N–H and O–H groups in total. The zero-order valence-electron chi connectivity index (χ0n) is 12.3. The maximum atomic E-state index is 12.3. The molecule has 2 heterocycles. The molecule has 1 aromatic carbocycles. The van der Waals surface area contributed by atoms with Gasteiger partial charge in [-0.1, -0.05) is 6.07 Å². The quantitative estimate of drug-likeness (QED) is 0.853. The van der Waals surface area contributed by atoms with E-state index in [1.54, 1.807) is 4.90 Å². The fourth-order valence-corrected chi connectivity index (χ4v) is 2.87. The molecule has 3 rings (SSSR count). The van der Waals surface area contributed by atoms with Crippen molar-refractivity contribution >= 4 is 11.7 Å². The summed E-state index contributed by atoms with van der Waals surface area (Å²) >= 11 is 0. The van der Waals surface area contributed by atoms with E-state index < -0.39 is 5.54 Å². The minimum Gasteiger partial charge on any atom is -0.454 e. The first kappa shape index (κ1) is 13.9. The Morgan fingerprint density at radius 2 is 2.05 bits per heavy atom. The van der Waals surface area contributed by atoms with E-state index in [1.165, 1.54) is 0 Å². The highest BCUT2D eigenvalue weighted by molar-refractivity contribution is 5.95. The second-order valence-electron chi connectivity index (χ2n) is 5.97. The minimum absolute atomic E-state index is 0.0310. The molecule has 0 bridgehead atoms. The molecule has 5 heteroatoms. The lowest BCUT2D eigenvalue weighted by Crippen LogP contribution is -2.46. The largest absolute Gasteiger partial charge is 0.454 e. The summed E-state index contributed by atoms with van der Waals surface area (Å²) in [7, 11) is 0. The van der Waals surface area contributed by atoms with E-state index in [0.717, 1.165) is 17.1 Å². The Labute approximate surface area is 123 Å². The molecule has 0 unspecified atom stereocenters. The summed E-state index contributed by atoms with van der Waals surface area (Å²) in [6.07, 6.45) is 1.50. The van der Waals surface area contributed by atoms with Crippen molar-refractivity contribution in [2.75, 3.05) is 13.3 Å². The number of rotatable bonds is 3. The van der Waals surface area contributed by atoms with E-state index in [2.05, 4.69) is 0 Å². The van der Waals surface area contributed by atoms with Crippen LogP contribution in [0.3, 0.4) is 0 Å². The van der Waals surface area contributed by atoms with Crippen molar-refractivity contribution in [3.8, 4) is 11.5 Å². The van der Waals surface area contributed by atoms with Crippen LogP contribution in [0.15, 0.2) is 18.2 Å². The Balaban J connectivity index is 1.63. The molecule has 0 spiro atoms. The molecular weight excluding hydrogens is 270 g/mol. The molecule has 5 nitrogen and oxygen atoms in total. The molecule has 2 aliphatic rings. The molecule has 0 atom stereocenters. The van der Waals surface area contributed by atoms with Crippen LogP contribution in [-0.4, -0.2) is 35.5 Å². The number of hydrogen-bond acceptors (Lipinski definition) is 4. The van der Waals surface area contributed by atoms with Crippen molar-refractivity contribution in [3.05, 3.63) is 23.8 Å².